The first-order valence-electron chi connectivity index (χ1n) is 3.67. The van der Waals surface area contributed by atoms with Crippen LogP contribution in [0, 0.1) is 0 Å². The van der Waals surface area contributed by atoms with Crippen LogP contribution in [0.5, 0.6) is 5.75 Å². The van der Waals surface area contributed by atoms with Crippen molar-refractivity contribution in [3.8, 4) is 5.75 Å². The van der Waals surface area contributed by atoms with Crippen molar-refractivity contribution in [3.63, 3.8) is 0 Å². The van der Waals surface area contributed by atoms with Crippen LogP contribution in [-0.4, -0.2) is 16.0 Å². The third-order valence-corrected chi connectivity index (χ3v) is 2.10. The van der Waals surface area contributed by atoms with Crippen molar-refractivity contribution in [3.05, 3.63) is 43.0 Å². The number of ether oxygens (including phenoxy) is 1. The van der Waals surface area contributed by atoms with E-state index in [4.69, 9.17) is 4.74 Å². The second kappa shape index (κ2) is 3.98. The Hall–Kier alpha value is -1.02. The van der Waals surface area contributed by atoms with Gasteiger partial charge >= 0.3 is 0 Å². The highest BCUT2D eigenvalue weighted by Crippen LogP contribution is 2.09. The van der Waals surface area contributed by atoms with Gasteiger partial charge in [-0.05, 0) is 12.1 Å². The van der Waals surface area contributed by atoms with Gasteiger partial charge in [0, 0.05) is 0 Å². The molecule has 1 rings (SSSR count). The van der Waals surface area contributed by atoms with E-state index in [1.54, 1.807) is 0 Å². The number of hydrogen-bond donors (Lipinski definition) is 0. The Morgan fingerprint density at radius 2 is 2.00 bits per heavy atom. The van der Waals surface area contributed by atoms with Gasteiger partial charge in [-0.1, -0.05) is 30.9 Å². The molecule has 1 aromatic carbocycles. The Kier molecular flexibility index (Phi) is 2.92. The fourth-order valence-corrected chi connectivity index (χ4v) is 1.03. The molecule has 0 spiro atoms. The fraction of sp³-hybridized carbons (Fsp3) is 0.111. The van der Waals surface area contributed by atoms with Gasteiger partial charge in [0.05, 0.1) is 16.0 Å². The zero-order valence-corrected chi connectivity index (χ0v) is 8.66. The molecule has 1 aromatic rings. The molecule has 0 saturated heterocycles. The van der Waals surface area contributed by atoms with Gasteiger partial charge in [-0.3, -0.25) is 0 Å². The maximum Gasteiger partial charge on any atom is 0.119 e. The molecule has 0 aromatic heterocycles. The molecule has 1 nitrogen and oxygen atoms in total. The topological polar surface area (TPSA) is 9.23 Å². The van der Waals surface area contributed by atoms with Crippen molar-refractivity contribution in [1.29, 1.82) is 0 Å². The molecule has 0 N–H and O–H groups in total. The second-order valence-electron chi connectivity index (χ2n) is 2.37. The van der Waals surface area contributed by atoms with Crippen LogP contribution in [0.3, 0.4) is 0 Å². The van der Waals surface area contributed by atoms with Gasteiger partial charge in [0.1, 0.15) is 5.75 Å². The number of rotatable bonds is 3. The van der Waals surface area contributed by atoms with Crippen molar-refractivity contribution >= 4 is 10.2 Å². The van der Waals surface area contributed by atoms with Gasteiger partial charge in [-0.15, -0.1) is 0 Å². The quantitative estimate of drug-likeness (QED) is 0.477. The molecule has 0 bridgehead atoms. The summed E-state index contributed by atoms with van der Waals surface area (Å²) in [7, 11) is 0.984. The van der Waals surface area contributed by atoms with Crippen LogP contribution in [-0.2, 0) is 0 Å². The van der Waals surface area contributed by atoms with Crippen LogP contribution in [0.1, 0.15) is 0 Å². The highest BCUT2D eigenvalue weighted by Gasteiger charge is 1.95. The van der Waals surface area contributed by atoms with E-state index < -0.39 is 0 Å². The van der Waals surface area contributed by atoms with E-state index in [9.17, 15) is 0 Å². The molecular formula is C9H12OSi. The predicted molar refractivity (Wildman–Crippen MR) is 51.0 cm³/mol. The molecule has 0 aliphatic heterocycles. The molecule has 0 aliphatic rings. The number of benzene rings is 1. The molecule has 0 amide bonds. The molecule has 58 valence electrons. The van der Waals surface area contributed by atoms with Crippen molar-refractivity contribution in [1.82, 2.24) is 0 Å². The molecule has 11 heavy (non-hydrogen) atoms. The maximum absolute atomic E-state index is 5.51. The lowest BCUT2D eigenvalue weighted by Crippen LogP contribution is -2.11. The summed E-state index contributed by atoms with van der Waals surface area (Å²) >= 11 is 0. The summed E-state index contributed by atoms with van der Waals surface area (Å²) in [6.45, 7) is 3.67. The van der Waals surface area contributed by atoms with Crippen LogP contribution < -0.4 is 4.74 Å². The van der Waals surface area contributed by atoms with Crippen molar-refractivity contribution < 1.29 is 4.74 Å². The van der Waals surface area contributed by atoms with Crippen LogP contribution in [0.25, 0.3) is 0 Å². The molecule has 1 unspecified atom stereocenters. The maximum atomic E-state index is 5.51. The standard InChI is InChI=1S/C9H12OSi/c1-2-9(11)10-8-6-4-3-5-7-8/h2-7,9H,1H2,11H3. The molecule has 0 heterocycles. The predicted octanol–water partition coefficient (Wildman–Crippen LogP) is 0.943. The van der Waals surface area contributed by atoms with Gasteiger partial charge < -0.3 is 4.74 Å². The van der Waals surface area contributed by atoms with Crippen LogP contribution in [0.2, 0.25) is 0 Å². The van der Waals surface area contributed by atoms with E-state index in [-0.39, 0.29) is 5.73 Å². The zero-order chi connectivity index (χ0) is 8.10. The number of hydrogen-bond acceptors (Lipinski definition) is 1. The zero-order valence-electron chi connectivity index (χ0n) is 6.66. The Balaban J connectivity index is 2.57. The van der Waals surface area contributed by atoms with E-state index in [0.717, 1.165) is 16.0 Å². The molecule has 1 atom stereocenters. The van der Waals surface area contributed by atoms with Crippen molar-refractivity contribution in [2.24, 2.45) is 0 Å². The highest BCUT2D eigenvalue weighted by atomic mass is 28.1. The molecule has 2 heteroatoms. The lowest BCUT2D eigenvalue weighted by molar-refractivity contribution is 0.326. The molecular weight excluding hydrogens is 152 g/mol. The number of para-hydroxylation sites is 1. The third kappa shape index (κ3) is 2.59. The van der Waals surface area contributed by atoms with Gasteiger partial charge in [-0.25, -0.2) is 0 Å². The lowest BCUT2D eigenvalue weighted by Gasteiger charge is -2.09. The Bertz CT molecular complexity index is 220. The summed E-state index contributed by atoms with van der Waals surface area (Å²) in [6, 6.07) is 9.81. The Morgan fingerprint density at radius 3 is 2.55 bits per heavy atom. The van der Waals surface area contributed by atoms with Crippen LogP contribution >= 0.6 is 0 Å². The van der Waals surface area contributed by atoms with Gasteiger partial charge in [0.25, 0.3) is 0 Å². The molecule has 0 saturated carbocycles. The van der Waals surface area contributed by atoms with E-state index in [0.29, 0.717) is 0 Å². The van der Waals surface area contributed by atoms with Crippen LogP contribution in [0.4, 0.5) is 0 Å². The summed E-state index contributed by atoms with van der Waals surface area (Å²) in [5.41, 5.74) is 0.220. The third-order valence-electron chi connectivity index (χ3n) is 1.40. The fourth-order valence-electron chi connectivity index (χ4n) is 0.762. The molecule has 0 aliphatic carbocycles. The van der Waals surface area contributed by atoms with Gasteiger partial charge in [0.2, 0.25) is 0 Å². The van der Waals surface area contributed by atoms with Crippen molar-refractivity contribution in [2.75, 3.05) is 0 Å². The lowest BCUT2D eigenvalue weighted by atomic mass is 10.3. The van der Waals surface area contributed by atoms with E-state index >= 15 is 0 Å². The normalized spacial score (nSPS) is 12.4. The minimum atomic E-state index is 0.220. The summed E-state index contributed by atoms with van der Waals surface area (Å²) < 4.78 is 5.51. The Morgan fingerprint density at radius 1 is 1.36 bits per heavy atom. The first kappa shape index (κ1) is 8.08. The van der Waals surface area contributed by atoms with E-state index in [2.05, 4.69) is 6.58 Å². The highest BCUT2D eigenvalue weighted by molar-refractivity contribution is 6.12. The smallest absolute Gasteiger partial charge is 0.119 e. The average molecular weight is 164 g/mol. The summed E-state index contributed by atoms with van der Waals surface area (Å²) in [6.07, 6.45) is 1.83. The first-order valence-corrected chi connectivity index (χ1v) is 4.82. The minimum absolute atomic E-state index is 0.220. The van der Waals surface area contributed by atoms with Crippen LogP contribution in [0.15, 0.2) is 43.0 Å². The van der Waals surface area contributed by atoms with E-state index in [1.807, 2.05) is 36.4 Å². The SMILES string of the molecule is C=CC([SiH3])Oc1ccccc1. The van der Waals surface area contributed by atoms with E-state index in [1.165, 1.54) is 0 Å². The monoisotopic (exact) mass is 164 g/mol. The minimum Gasteiger partial charge on any atom is -0.491 e. The molecule has 0 radical (unpaired) electrons. The summed E-state index contributed by atoms with van der Waals surface area (Å²) in [5, 5.41) is 0. The Labute approximate surface area is 70.1 Å². The average Bonchev–Trinajstić information content (AvgIpc) is 2.06. The van der Waals surface area contributed by atoms with Gasteiger partial charge in [0.15, 0.2) is 0 Å². The first-order chi connectivity index (χ1) is 5.33. The largest absolute Gasteiger partial charge is 0.491 e. The summed E-state index contributed by atoms with van der Waals surface area (Å²) in [5.74, 6) is 0.924. The summed E-state index contributed by atoms with van der Waals surface area (Å²) in [4.78, 5) is 0. The van der Waals surface area contributed by atoms with Gasteiger partial charge in [-0.2, -0.15) is 0 Å². The van der Waals surface area contributed by atoms with Crippen molar-refractivity contribution in [2.45, 2.75) is 5.73 Å². The second-order valence-corrected chi connectivity index (χ2v) is 3.51. The molecule has 0 fully saturated rings.